The molecule has 22 heavy (non-hydrogen) atoms. The van der Waals surface area contributed by atoms with E-state index in [0.29, 0.717) is 6.04 Å². The third-order valence-electron chi connectivity index (χ3n) is 3.83. The molecular formula is C15H16N4O3. The van der Waals surface area contributed by atoms with Gasteiger partial charge in [-0.05, 0) is 30.5 Å². The highest BCUT2D eigenvalue weighted by molar-refractivity contribution is 5.76. The standard InChI is InChI=1S/C15H16N4O3/c1-17(13-6-7-13)15(20)10-18-9-12(8-16-18)11-2-4-14(5-3-11)19(21)22/h2-5,8-9,13H,6-7,10H2,1H3. The van der Waals surface area contributed by atoms with Crippen molar-refractivity contribution in [3.8, 4) is 11.1 Å². The quantitative estimate of drug-likeness (QED) is 0.625. The van der Waals surface area contributed by atoms with Gasteiger partial charge < -0.3 is 4.90 Å². The Morgan fingerprint density at radius 2 is 2.05 bits per heavy atom. The van der Waals surface area contributed by atoms with Crippen LogP contribution in [0.25, 0.3) is 11.1 Å². The van der Waals surface area contributed by atoms with Crippen molar-refractivity contribution in [1.29, 1.82) is 0 Å². The molecule has 7 heteroatoms. The second kappa shape index (κ2) is 5.59. The lowest BCUT2D eigenvalue weighted by Crippen LogP contribution is -2.32. The van der Waals surface area contributed by atoms with Crippen LogP contribution in [0.4, 0.5) is 5.69 Å². The lowest BCUT2D eigenvalue weighted by Gasteiger charge is -2.15. The second-order valence-electron chi connectivity index (χ2n) is 5.47. The first-order valence-electron chi connectivity index (χ1n) is 7.07. The van der Waals surface area contributed by atoms with Gasteiger partial charge in [-0.25, -0.2) is 0 Å². The van der Waals surface area contributed by atoms with Gasteiger partial charge in [0.2, 0.25) is 5.91 Å². The summed E-state index contributed by atoms with van der Waals surface area (Å²) < 4.78 is 1.60. The van der Waals surface area contributed by atoms with Crippen LogP contribution in [-0.4, -0.2) is 38.6 Å². The largest absolute Gasteiger partial charge is 0.341 e. The van der Waals surface area contributed by atoms with Crippen LogP contribution in [0.15, 0.2) is 36.7 Å². The number of carbonyl (C=O) groups excluding carboxylic acids is 1. The van der Waals surface area contributed by atoms with Crippen molar-refractivity contribution in [1.82, 2.24) is 14.7 Å². The van der Waals surface area contributed by atoms with Crippen molar-refractivity contribution in [3.63, 3.8) is 0 Å². The topological polar surface area (TPSA) is 81.3 Å². The second-order valence-corrected chi connectivity index (χ2v) is 5.47. The molecule has 1 saturated carbocycles. The summed E-state index contributed by atoms with van der Waals surface area (Å²) in [4.78, 5) is 24.0. The minimum atomic E-state index is -0.431. The van der Waals surface area contributed by atoms with Crippen LogP contribution in [0.5, 0.6) is 0 Å². The molecule has 1 amide bonds. The fraction of sp³-hybridized carbons (Fsp3) is 0.333. The number of hydrogen-bond acceptors (Lipinski definition) is 4. The molecule has 114 valence electrons. The molecule has 2 aromatic rings. The van der Waals surface area contributed by atoms with Crippen LogP contribution in [0.3, 0.4) is 0 Å². The van der Waals surface area contributed by atoms with Gasteiger partial charge in [-0.15, -0.1) is 0 Å². The molecule has 0 bridgehead atoms. The number of nitro groups is 1. The Morgan fingerprint density at radius 1 is 1.36 bits per heavy atom. The van der Waals surface area contributed by atoms with Crippen LogP contribution in [0.2, 0.25) is 0 Å². The Labute approximate surface area is 127 Å². The summed E-state index contributed by atoms with van der Waals surface area (Å²) in [5.74, 6) is 0.0425. The maximum atomic E-state index is 12.0. The van der Waals surface area contributed by atoms with E-state index >= 15 is 0 Å². The van der Waals surface area contributed by atoms with E-state index in [1.54, 1.807) is 34.1 Å². The molecule has 0 atom stereocenters. The van der Waals surface area contributed by atoms with Crippen molar-refractivity contribution < 1.29 is 9.72 Å². The van der Waals surface area contributed by atoms with Crippen molar-refractivity contribution in [2.75, 3.05) is 7.05 Å². The summed E-state index contributed by atoms with van der Waals surface area (Å²) in [5.41, 5.74) is 1.72. The third-order valence-corrected chi connectivity index (χ3v) is 3.83. The van der Waals surface area contributed by atoms with E-state index in [2.05, 4.69) is 5.10 Å². The van der Waals surface area contributed by atoms with E-state index in [1.165, 1.54) is 12.1 Å². The van der Waals surface area contributed by atoms with Crippen LogP contribution in [-0.2, 0) is 11.3 Å². The smallest absolute Gasteiger partial charge is 0.269 e. The number of non-ortho nitro benzene ring substituents is 1. The third kappa shape index (κ3) is 2.98. The van der Waals surface area contributed by atoms with Crippen molar-refractivity contribution >= 4 is 11.6 Å². The highest BCUT2D eigenvalue weighted by Crippen LogP contribution is 2.26. The first-order valence-corrected chi connectivity index (χ1v) is 7.07. The van der Waals surface area contributed by atoms with Crippen molar-refractivity contribution in [2.24, 2.45) is 0 Å². The Morgan fingerprint density at radius 3 is 2.64 bits per heavy atom. The van der Waals surface area contributed by atoms with Crippen LogP contribution in [0, 0.1) is 10.1 Å². The SMILES string of the molecule is CN(C(=O)Cn1cc(-c2ccc([N+](=O)[O-])cc2)cn1)C1CC1. The molecule has 1 aliphatic rings. The summed E-state index contributed by atoms with van der Waals surface area (Å²) in [6.45, 7) is 0.208. The fourth-order valence-corrected chi connectivity index (χ4v) is 2.29. The van der Waals surface area contributed by atoms with E-state index in [1.807, 2.05) is 7.05 Å². The van der Waals surface area contributed by atoms with Gasteiger partial charge >= 0.3 is 0 Å². The van der Waals surface area contributed by atoms with Crippen molar-refractivity contribution in [3.05, 3.63) is 46.8 Å². The molecular weight excluding hydrogens is 284 g/mol. The minimum Gasteiger partial charge on any atom is -0.341 e. The zero-order chi connectivity index (χ0) is 15.7. The molecule has 7 nitrogen and oxygen atoms in total. The summed E-state index contributed by atoms with van der Waals surface area (Å²) >= 11 is 0. The highest BCUT2D eigenvalue weighted by Gasteiger charge is 2.29. The van der Waals surface area contributed by atoms with Crippen molar-refractivity contribution in [2.45, 2.75) is 25.4 Å². The molecule has 1 heterocycles. The van der Waals surface area contributed by atoms with Crippen LogP contribution >= 0.6 is 0 Å². The number of aromatic nitrogens is 2. The molecule has 0 radical (unpaired) electrons. The Bertz CT molecular complexity index is 704. The normalized spacial score (nSPS) is 13.9. The molecule has 1 fully saturated rings. The number of likely N-dealkylation sites (N-methyl/N-ethyl adjacent to an activating group) is 1. The highest BCUT2D eigenvalue weighted by atomic mass is 16.6. The van der Waals surface area contributed by atoms with Gasteiger partial charge in [-0.3, -0.25) is 19.6 Å². The lowest BCUT2D eigenvalue weighted by molar-refractivity contribution is -0.384. The first-order chi connectivity index (χ1) is 10.5. The van der Waals surface area contributed by atoms with Gasteiger partial charge in [0.1, 0.15) is 6.54 Å². The fourth-order valence-electron chi connectivity index (χ4n) is 2.29. The number of nitro benzene ring substituents is 1. The van der Waals surface area contributed by atoms with Gasteiger partial charge in [-0.1, -0.05) is 0 Å². The van der Waals surface area contributed by atoms with Crippen LogP contribution < -0.4 is 0 Å². The Hall–Kier alpha value is -2.70. The zero-order valence-corrected chi connectivity index (χ0v) is 12.2. The number of rotatable bonds is 5. The van der Waals surface area contributed by atoms with Gasteiger partial charge in [0.05, 0.1) is 11.1 Å². The van der Waals surface area contributed by atoms with Crippen LogP contribution in [0.1, 0.15) is 12.8 Å². The molecule has 1 aromatic heterocycles. The number of carbonyl (C=O) groups is 1. The van der Waals surface area contributed by atoms with E-state index < -0.39 is 4.92 Å². The number of amides is 1. The predicted molar refractivity (Wildman–Crippen MR) is 80.1 cm³/mol. The summed E-state index contributed by atoms with van der Waals surface area (Å²) in [6.07, 6.45) is 5.59. The van der Waals surface area contributed by atoms with Gasteiger partial charge in [0.25, 0.3) is 5.69 Å². The Balaban J connectivity index is 1.70. The summed E-state index contributed by atoms with van der Waals surface area (Å²) in [6, 6.07) is 6.66. The molecule has 0 spiro atoms. The number of nitrogens with zero attached hydrogens (tertiary/aromatic N) is 4. The molecule has 1 aliphatic carbocycles. The van der Waals surface area contributed by atoms with Gasteiger partial charge in [-0.2, -0.15) is 5.10 Å². The summed E-state index contributed by atoms with van der Waals surface area (Å²) in [7, 11) is 1.82. The molecule has 0 unspecified atom stereocenters. The van der Waals surface area contributed by atoms with E-state index in [9.17, 15) is 14.9 Å². The molecule has 0 aliphatic heterocycles. The maximum absolute atomic E-state index is 12.0. The minimum absolute atomic E-state index is 0.0425. The van der Waals surface area contributed by atoms with Gasteiger partial charge in [0, 0.05) is 37.0 Å². The molecule has 1 aromatic carbocycles. The average Bonchev–Trinajstić information content (AvgIpc) is 3.26. The molecule has 0 saturated heterocycles. The van der Waals surface area contributed by atoms with E-state index in [-0.39, 0.29) is 18.1 Å². The number of benzene rings is 1. The van der Waals surface area contributed by atoms with Gasteiger partial charge in [0.15, 0.2) is 0 Å². The zero-order valence-electron chi connectivity index (χ0n) is 12.2. The Kier molecular flexibility index (Phi) is 3.62. The predicted octanol–water partition coefficient (Wildman–Crippen LogP) is 2.08. The lowest BCUT2D eigenvalue weighted by atomic mass is 10.1. The molecule has 0 N–H and O–H groups in total. The van der Waals surface area contributed by atoms with E-state index in [4.69, 9.17) is 0 Å². The number of hydrogen-bond donors (Lipinski definition) is 0. The first kappa shape index (κ1) is 14.2. The molecule has 3 rings (SSSR count). The monoisotopic (exact) mass is 300 g/mol. The summed E-state index contributed by atoms with van der Waals surface area (Å²) in [5, 5.41) is 14.8. The maximum Gasteiger partial charge on any atom is 0.269 e. The average molecular weight is 300 g/mol. The van der Waals surface area contributed by atoms with E-state index in [0.717, 1.165) is 24.0 Å².